The number of nitrogens with one attached hydrogen (secondary N) is 1. The van der Waals surface area contributed by atoms with Gasteiger partial charge in [0.15, 0.2) is 5.69 Å². The molecule has 1 saturated carbocycles. The molecule has 1 fully saturated rings. The van der Waals surface area contributed by atoms with Crippen molar-refractivity contribution in [2.45, 2.75) is 18.5 Å². The molecule has 2 atom stereocenters. The van der Waals surface area contributed by atoms with Crippen LogP contribution in [0.4, 0.5) is 14.5 Å². The number of rotatable bonds is 2. The van der Waals surface area contributed by atoms with Crippen molar-refractivity contribution in [3.63, 3.8) is 0 Å². The van der Waals surface area contributed by atoms with E-state index in [-0.39, 0.29) is 10.9 Å². The summed E-state index contributed by atoms with van der Waals surface area (Å²) in [6, 6.07) is 8.00. The standard InChI is InChI=1S/C20H11F2N3O2S/c1-23-10-4-2-3-9(5-10)11-7-15-16(12-6-13(12)21)18-17(19(26)24-28-18)20(27)25(15)8-14(11)22/h2-5,7-8,12-13H,6H2,(H,24,26)/t12?,13-/m0/s1. The molecule has 1 N–H and O–H groups in total. The van der Waals surface area contributed by atoms with Crippen molar-refractivity contribution in [2.75, 3.05) is 0 Å². The molecule has 138 valence electrons. The van der Waals surface area contributed by atoms with E-state index in [1.807, 2.05) is 0 Å². The van der Waals surface area contributed by atoms with Gasteiger partial charge in [-0.15, -0.1) is 0 Å². The SMILES string of the molecule is [C-]#[N+]c1cccc(-c2cc3c(C4C[C@@H]4F)c4s[nH]c(=O)c4c(=O)n3cc2F)c1. The van der Waals surface area contributed by atoms with Gasteiger partial charge in [0, 0.05) is 23.2 Å². The highest BCUT2D eigenvalue weighted by Gasteiger charge is 2.42. The minimum Gasteiger partial charge on any atom is -0.280 e. The van der Waals surface area contributed by atoms with Crippen molar-refractivity contribution in [1.29, 1.82) is 0 Å². The van der Waals surface area contributed by atoms with Crippen LogP contribution in [-0.4, -0.2) is 14.9 Å². The third-order valence-electron chi connectivity index (χ3n) is 5.06. The number of aromatic amines is 1. The lowest BCUT2D eigenvalue weighted by molar-refractivity contribution is 0.469. The average molecular weight is 395 g/mol. The Kier molecular flexibility index (Phi) is 3.51. The van der Waals surface area contributed by atoms with Crippen molar-refractivity contribution in [2.24, 2.45) is 0 Å². The monoisotopic (exact) mass is 395 g/mol. The van der Waals surface area contributed by atoms with Crippen molar-refractivity contribution >= 4 is 32.8 Å². The minimum absolute atomic E-state index is 0.0706. The van der Waals surface area contributed by atoms with Crippen LogP contribution in [0, 0.1) is 12.4 Å². The first-order valence-corrected chi connectivity index (χ1v) is 9.32. The van der Waals surface area contributed by atoms with Crippen molar-refractivity contribution in [3.8, 4) is 11.1 Å². The molecule has 1 aliphatic rings. The van der Waals surface area contributed by atoms with Crippen LogP contribution in [0.25, 0.3) is 31.6 Å². The Morgan fingerprint density at radius 2 is 2.07 bits per heavy atom. The second-order valence-electron chi connectivity index (χ2n) is 6.77. The number of alkyl halides is 1. The minimum atomic E-state index is -1.05. The molecule has 0 aliphatic heterocycles. The largest absolute Gasteiger partial charge is 0.280 e. The maximum Gasteiger partial charge on any atom is 0.271 e. The third-order valence-corrected chi connectivity index (χ3v) is 5.98. The highest BCUT2D eigenvalue weighted by molar-refractivity contribution is 7.13. The fourth-order valence-electron chi connectivity index (χ4n) is 3.61. The summed E-state index contributed by atoms with van der Waals surface area (Å²) in [4.78, 5) is 28.2. The van der Waals surface area contributed by atoms with Crippen molar-refractivity contribution in [1.82, 2.24) is 8.77 Å². The number of nitrogens with zero attached hydrogens (tertiary/aromatic N) is 2. The van der Waals surface area contributed by atoms with Crippen LogP contribution in [0.2, 0.25) is 0 Å². The van der Waals surface area contributed by atoms with E-state index in [9.17, 15) is 18.4 Å². The molecule has 0 saturated heterocycles. The summed E-state index contributed by atoms with van der Waals surface area (Å²) in [5.41, 5.74) is 0.806. The van der Waals surface area contributed by atoms with E-state index in [0.29, 0.717) is 33.5 Å². The van der Waals surface area contributed by atoms with Gasteiger partial charge in [-0.25, -0.2) is 13.6 Å². The predicted molar refractivity (Wildman–Crippen MR) is 104 cm³/mol. The summed E-state index contributed by atoms with van der Waals surface area (Å²) in [6.07, 6.45) is 0.281. The smallest absolute Gasteiger partial charge is 0.271 e. The number of H-pyrrole nitrogens is 1. The van der Waals surface area contributed by atoms with Crippen LogP contribution in [0.1, 0.15) is 17.9 Å². The summed E-state index contributed by atoms with van der Waals surface area (Å²) in [5.74, 6) is -1.10. The summed E-state index contributed by atoms with van der Waals surface area (Å²) in [6.45, 7) is 7.14. The molecule has 3 heterocycles. The van der Waals surface area contributed by atoms with E-state index < -0.39 is 29.0 Å². The number of benzene rings is 1. The Labute approximate surface area is 160 Å². The molecule has 0 radical (unpaired) electrons. The number of hydrogen-bond donors (Lipinski definition) is 1. The Balaban J connectivity index is 1.91. The lowest BCUT2D eigenvalue weighted by atomic mass is 10.0. The van der Waals surface area contributed by atoms with Crippen LogP contribution >= 0.6 is 11.5 Å². The lowest BCUT2D eigenvalue weighted by Crippen LogP contribution is -2.20. The van der Waals surface area contributed by atoms with Gasteiger partial charge in [0.05, 0.1) is 16.8 Å². The maximum atomic E-state index is 14.9. The van der Waals surface area contributed by atoms with Gasteiger partial charge in [-0.1, -0.05) is 29.7 Å². The fraction of sp³-hybridized carbons (Fsp3) is 0.150. The molecule has 1 aliphatic carbocycles. The first kappa shape index (κ1) is 16.8. The van der Waals surface area contributed by atoms with E-state index in [1.165, 1.54) is 6.07 Å². The average Bonchev–Trinajstić information content (AvgIpc) is 3.28. The zero-order chi connectivity index (χ0) is 19.6. The number of hydrogen-bond acceptors (Lipinski definition) is 3. The van der Waals surface area contributed by atoms with E-state index in [4.69, 9.17) is 6.57 Å². The summed E-state index contributed by atoms with van der Waals surface area (Å²) in [7, 11) is 0. The molecule has 3 aromatic heterocycles. The first-order valence-electron chi connectivity index (χ1n) is 8.50. The van der Waals surface area contributed by atoms with Crippen LogP contribution in [0.5, 0.6) is 0 Å². The van der Waals surface area contributed by atoms with Gasteiger partial charge in [-0.3, -0.25) is 18.4 Å². The van der Waals surface area contributed by atoms with Gasteiger partial charge in [0.25, 0.3) is 11.1 Å². The fourth-order valence-corrected chi connectivity index (χ4v) is 4.56. The molecule has 28 heavy (non-hydrogen) atoms. The molecule has 5 rings (SSSR count). The van der Waals surface area contributed by atoms with Crippen LogP contribution in [-0.2, 0) is 0 Å². The van der Waals surface area contributed by atoms with Crippen molar-refractivity contribution in [3.05, 3.63) is 80.0 Å². The maximum absolute atomic E-state index is 14.9. The van der Waals surface area contributed by atoms with Crippen LogP contribution < -0.4 is 11.1 Å². The third kappa shape index (κ3) is 2.33. The Hall–Kier alpha value is -3.31. The van der Waals surface area contributed by atoms with E-state index in [2.05, 4.69) is 9.22 Å². The zero-order valence-corrected chi connectivity index (χ0v) is 15.0. The molecule has 4 aromatic rings. The molecule has 1 unspecified atom stereocenters. The van der Waals surface area contributed by atoms with Gasteiger partial charge < -0.3 is 0 Å². The van der Waals surface area contributed by atoms with E-state index >= 15 is 0 Å². The molecule has 5 nitrogen and oxygen atoms in total. The van der Waals surface area contributed by atoms with E-state index in [1.54, 1.807) is 24.3 Å². The molecule has 0 spiro atoms. The number of fused-ring (bicyclic) bond motifs is 2. The van der Waals surface area contributed by atoms with Crippen LogP contribution in [0.3, 0.4) is 0 Å². The zero-order valence-electron chi connectivity index (χ0n) is 14.2. The number of pyridine rings is 2. The molecular weight excluding hydrogens is 384 g/mol. The molecule has 8 heteroatoms. The van der Waals surface area contributed by atoms with E-state index in [0.717, 1.165) is 22.1 Å². The second-order valence-corrected chi connectivity index (χ2v) is 7.58. The van der Waals surface area contributed by atoms with Gasteiger partial charge in [0.2, 0.25) is 0 Å². The topological polar surface area (TPSA) is 58.7 Å². The van der Waals surface area contributed by atoms with Gasteiger partial charge in [-0.2, -0.15) is 0 Å². The Morgan fingerprint density at radius 1 is 1.29 bits per heavy atom. The second kappa shape index (κ2) is 5.84. The Bertz CT molecular complexity index is 1440. The summed E-state index contributed by atoms with van der Waals surface area (Å²) >= 11 is 1.00. The normalized spacial score (nSPS) is 18.5. The highest BCUT2D eigenvalue weighted by atomic mass is 32.1. The van der Waals surface area contributed by atoms with Crippen LogP contribution in [0.15, 0.2) is 46.1 Å². The predicted octanol–water partition coefficient (Wildman–Crippen LogP) is 4.38. The van der Waals surface area contributed by atoms with Gasteiger partial charge in [0.1, 0.15) is 17.4 Å². The molecule has 1 aromatic carbocycles. The molecule has 0 bridgehead atoms. The van der Waals surface area contributed by atoms with Gasteiger partial charge >= 0.3 is 0 Å². The van der Waals surface area contributed by atoms with Gasteiger partial charge in [-0.05, 0) is 24.1 Å². The van der Waals surface area contributed by atoms with Crippen molar-refractivity contribution < 1.29 is 8.78 Å². The number of halogens is 2. The Morgan fingerprint density at radius 3 is 2.79 bits per heavy atom. The number of aromatic nitrogens is 2. The summed E-state index contributed by atoms with van der Waals surface area (Å²) in [5, 5.41) is -0.0706. The molecular formula is C20H11F2N3O2S. The quantitative estimate of drug-likeness (QED) is 0.512. The summed E-state index contributed by atoms with van der Waals surface area (Å²) < 4.78 is 32.9. The molecule has 0 amide bonds. The first-order chi connectivity index (χ1) is 13.5. The lowest BCUT2D eigenvalue weighted by Gasteiger charge is -2.12. The highest BCUT2D eigenvalue weighted by Crippen LogP contribution is 2.48.